The van der Waals surface area contributed by atoms with Gasteiger partial charge in [-0.2, -0.15) is 4.31 Å². The summed E-state index contributed by atoms with van der Waals surface area (Å²) in [5.74, 6) is 0.231. The van der Waals surface area contributed by atoms with Crippen molar-refractivity contribution in [1.82, 2.24) is 14.2 Å². The van der Waals surface area contributed by atoms with E-state index in [1.165, 1.54) is 4.31 Å². The molecule has 3 rings (SSSR count). The average molecular weight is 498 g/mol. The molecule has 0 unspecified atom stereocenters. The van der Waals surface area contributed by atoms with Crippen molar-refractivity contribution in [3.05, 3.63) is 52.8 Å². The van der Waals surface area contributed by atoms with Gasteiger partial charge in [-0.05, 0) is 44.3 Å². The minimum absolute atomic E-state index is 0.0907. The maximum absolute atomic E-state index is 13.3. The Bertz CT molecular complexity index is 958. The standard InChI is InChI=1S/C21H28BrN3O4S/c1-15-11-25(16(2)14-26)30(27,28)21-8-7-17(22)10-19(21)29-20(15)13-24(3)12-18-6-4-5-9-23-18/h4-10,15-16,20,26H,11-14H2,1-3H3/t15-,16+,20+/m0/s1. The zero-order valence-corrected chi connectivity index (χ0v) is 19.8. The van der Waals surface area contributed by atoms with Crippen molar-refractivity contribution in [1.29, 1.82) is 0 Å². The van der Waals surface area contributed by atoms with Crippen LogP contribution in [0.2, 0.25) is 0 Å². The highest BCUT2D eigenvalue weighted by atomic mass is 79.9. The second-order valence-corrected chi connectivity index (χ2v) is 10.6. The largest absolute Gasteiger partial charge is 0.487 e. The number of fused-ring (bicyclic) bond motifs is 1. The summed E-state index contributed by atoms with van der Waals surface area (Å²) in [6.45, 7) is 4.98. The first kappa shape index (κ1) is 23.1. The zero-order chi connectivity index (χ0) is 21.9. The van der Waals surface area contributed by atoms with Crippen molar-refractivity contribution in [2.75, 3.05) is 26.7 Å². The topological polar surface area (TPSA) is 83.0 Å². The Kier molecular flexibility index (Phi) is 7.52. The van der Waals surface area contributed by atoms with Gasteiger partial charge in [0.25, 0.3) is 0 Å². The van der Waals surface area contributed by atoms with Gasteiger partial charge in [0.15, 0.2) is 0 Å². The van der Waals surface area contributed by atoms with Crippen molar-refractivity contribution in [3.63, 3.8) is 0 Å². The highest BCUT2D eigenvalue weighted by molar-refractivity contribution is 9.10. The number of aromatic nitrogens is 1. The molecule has 0 bridgehead atoms. The molecule has 9 heteroatoms. The van der Waals surface area contributed by atoms with E-state index in [1.807, 2.05) is 32.2 Å². The number of rotatable bonds is 6. The molecule has 0 saturated heterocycles. The van der Waals surface area contributed by atoms with Crippen molar-refractivity contribution in [2.24, 2.45) is 5.92 Å². The number of sulfonamides is 1. The van der Waals surface area contributed by atoms with Crippen molar-refractivity contribution < 1.29 is 18.3 Å². The van der Waals surface area contributed by atoms with Crippen LogP contribution in [0, 0.1) is 5.92 Å². The minimum atomic E-state index is -3.80. The molecule has 0 amide bonds. The molecule has 1 aromatic heterocycles. The molecule has 164 valence electrons. The Morgan fingerprint density at radius 1 is 1.37 bits per heavy atom. The molecule has 30 heavy (non-hydrogen) atoms. The average Bonchev–Trinajstić information content (AvgIpc) is 2.70. The molecule has 1 aromatic carbocycles. The molecule has 0 spiro atoms. The molecule has 2 heterocycles. The minimum Gasteiger partial charge on any atom is -0.487 e. The molecule has 7 nitrogen and oxygen atoms in total. The summed E-state index contributed by atoms with van der Waals surface area (Å²) in [6, 6.07) is 10.2. The van der Waals surface area contributed by atoms with Crippen molar-refractivity contribution in [2.45, 2.75) is 37.4 Å². The maximum Gasteiger partial charge on any atom is 0.247 e. The lowest BCUT2D eigenvalue weighted by atomic mass is 10.0. The lowest BCUT2D eigenvalue weighted by Crippen LogP contribution is -2.49. The number of halogens is 1. The second-order valence-electron chi connectivity index (χ2n) is 7.85. The molecule has 0 radical (unpaired) electrons. The van der Waals surface area contributed by atoms with Crippen LogP contribution in [0.3, 0.4) is 0 Å². The molecule has 1 aliphatic heterocycles. The summed E-state index contributed by atoms with van der Waals surface area (Å²) in [6.07, 6.45) is 1.53. The van der Waals surface area contributed by atoms with E-state index in [2.05, 4.69) is 25.8 Å². The molecule has 0 aliphatic carbocycles. The highest BCUT2D eigenvalue weighted by Crippen LogP contribution is 2.35. The molecular formula is C21H28BrN3O4S. The lowest BCUT2D eigenvalue weighted by molar-refractivity contribution is 0.0730. The smallest absolute Gasteiger partial charge is 0.247 e. The third-order valence-electron chi connectivity index (χ3n) is 5.28. The van der Waals surface area contributed by atoms with Gasteiger partial charge in [-0.3, -0.25) is 9.88 Å². The Hall–Kier alpha value is -1.52. The van der Waals surface area contributed by atoms with Crippen LogP contribution in [0.4, 0.5) is 0 Å². The summed E-state index contributed by atoms with van der Waals surface area (Å²) in [5, 5.41) is 9.68. The van der Waals surface area contributed by atoms with E-state index >= 15 is 0 Å². The number of aliphatic hydroxyl groups is 1. The van der Waals surface area contributed by atoms with E-state index in [9.17, 15) is 13.5 Å². The fourth-order valence-corrected chi connectivity index (χ4v) is 5.72. The number of hydrogen-bond acceptors (Lipinski definition) is 6. The van der Waals surface area contributed by atoms with Gasteiger partial charge in [0.1, 0.15) is 16.7 Å². The maximum atomic E-state index is 13.3. The van der Waals surface area contributed by atoms with Crippen molar-refractivity contribution in [3.8, 4) is 5.75 Å². The SMILES string of the molecule is C[C@H](CO)N1C[C@H](C)[C@@H](CN(C)Cc2ccccn2)Oc2cc(Br)ccc2S1(=O)=O. The third kappa shape index (κ3) is 5.20. The van der Waals surface area contributed by atoms with Crippen LogP contribution in [-0.4, -0.2) is 66.6 Å². The van der Waals surface area contributed by atoms with Gasteiger partial charge < -0.3 is 9.84 Å². The van der Waals surface area contributed by atoms with E-state index in [1.54, 1.807) is 31.3 Å². The van der Waals surface area contributed by atoms with Crippen LogP contribution in [0.25, 0.3) is 0 Å². The molecule has 2 aromatic rings. The van der Waals surface area contributed by atoms with E-state index in [4.69, 9.17) is 4.74 Å². The fraction of sp³-hybridized carbons (Fsp3) is 0.476. The van der Waals surface area contributed by atoms with Crippen LogP contribution in [0.5, 0.6) is 5.75 Å². The molecule has 1 aliphatic rings. The Balaban J connectivity index is 1.92. The molecule has 0 fully saturated rings. The van der Waals surface area contributed by atoms with Gasteiger partial charge in [0.05, 0.1) is 12.3 Å². The first-order chi connectivity index (χ1) is 14.2. The number of likely N-dealkylation sites (N-methyl/N-ethyl adjacent to an activating group) is 1. The zero-order valence-electron chi connectivity index (χ0n) is 17.4. The number of ether oxygens (including phenoxy) is 1. The van der Waals surface area contributed by atoms with E-state index in [-0.39, 0.29) is 30.1 Å². The predicted octanol–water partition coefficient (Wildman–Crippen LogP) is 2.74. The highest BCUT2D eigenvalue weighted by Gasteiger charge is 2.38. The first-order valence-corrected chi connectivity index (χ1v) is 12.1. The van der Waals surface area contributed by atoms with Gasteiger partial charge in [-0.1, -0.05) is 28.9 Å². The molecule has 1 N–H and O–H groups in total. The van der Waals surface area contributed by atoms with Gasteiger partial charge in [-0.25, -0.2) is 8.42 Å². The summed E-state index contributed by atoms with van der Waals surface area (Å²) >= 11 is 3.41. The van der Waals surface area contributed by atoms with Crippen LogP contribution in [0.15, 0.2) is 52.0 Å². The number of nitrogens with zero attached hydrogens (tertiary/aromatic N) is 3. The van der Waals surface area contributed by atoms with Crippen LogP contribution >= 0.6 is 15.9 Å². The van der Waals surface area contributed by atoms with Crippen LogP contribution < -0.4 is 4.74 Å². The van der Waals surface area contributed by atoms with Crippen LogP contribution in [0.1, 0.15) is 19.5 Å². The van der Waals surface area contributed by atoms with E-state index in [0.29, 0.717) is 18.8 Å². The third-order valence-corrected chi connectivity index (χ3v) is 7.79. The van der Waals surface area contributed by atoms with Gasteiger partial charge in [0.2, 0.25) is 10.0 Å². The molecular weight excluding hydrogens is 470 g/mol. The summed E-state index contributed by atoms with van der Waals surface area (Å²) in [5.41, 5.74) is 0.958. The summed E-state index contributed by atoms with van der Waals surface area (Å²) < 4.78 is 35.0. The van der Waals surface area contributed by atoms with Gasteiger partial charge >= 0.3 is 0 Å². The lowest BCUT2D eigenvalue weighted by Gasteiger charge is -2.37. The van der Waals surface area contributed by atoms with Gasteiger partial charge in [-0.15, -0.1) is 0 Å². The molecule has 3 atom stereocenters. The summed E-state index contributed by atoms with van der Waals surface area (Å²) in [4.78, 5) is 6.62. The second kappa shape index (κ2) is 9.74. The number of aliphatic hydroxyl groups excluding tert-OH is 1. The first-order valence-electron chi connectivity index (χ1n) is 9.89. The number of benzene rings is 1. The van der Waals surface area contributed by atoms with E-state index < -0.39 is 16.1 Å². The number of hydrogen-bond donors (Lipinski definition) is 1. The Morgan fingerprint density at radius 3 is 2.80 bits per heavy atom. The van der Waals surface area contributed by atoms with E-state index in [0.717, 1.165) is 10.2 Å². The van der Waals surface area contributed by atoms with Crippen molar-refractivity contribution >= 4 is 26.0 Å². The fourth-order valence-electron chi connectivity index (χ4n) is 3.56. The predicted molar refractivity (Wildman–Crippen MR) is 119 cm³/mol. The van der Waals surface area contributed by atoms with Gasteiger partial charge in [0, 0.05) is 42.3 Å². The number of pyridine rings is 1. The quantitative estimate of drug-likeness (QED) is 0.660. The van der Waals surface area contributed by atoms with Crippen LogP contribution in [-0.2, 0) is 16.6 Å². The molecule has 0 saturated carbocycles. The Morgan fingerprint density at radius 2 is 2.13 bits per heavy atom. The monoisotopic (exact) mass is 497 g/mol. The summed E-state index contributed by atoms with van der Waals surface area (Å²) in [7, 11) is -1.80. The Labute approximate surface area is 186 Å². The normalized spacial score (nSPS) is 22.6.